The molecule has 0 fully saturated rings. The quantitative estimate of drug-likeness (QED) is 0.342. The molecule has 2 atom stereocenters. The van der Waals surface area contributed by atoms with Crippen LogP contribution >= 0.6 is 0 Å². The van der Waals surface area contributed by atoms with E-state index < -0.39 is 34.3 Å². The molecule has 3 aromatic carbocycles. The van der Waals surface area contributed by atoms with Crippen LogP contribution in [0.25, 0.3) is 0 Å². The summed E-state index contributed by atoms with van der Waals surface area (Å²) in [6.45, 7) is 7.03. The maximum absolute atomic E-state index is 14.1. The van der Waals surface area contributed by atoms with Crippen molar-refractivity contribution in [2.24, 2.45) is 0 Å². The number of nitrogens with zero attached hydrogens (tertiary/aromatic N) is 2. The number of carbonyl (C=O) groups is 2. The van der Waals surface area contributed by atoms with Crippen molar-refractivity contribution in [3.05, 3.63) is 101 Å². The summed E-state index contributed by atoms with van der Waals surface area (Å²) in [6, 6.07) is 19.3. The van der Waals surface area contributed by atoms with Gasteiger partial charge in [-0.2, -0.15) is 0 Å². The number of sulfonamides is 1. The van der Waals surface area contributed by atoms with Crippen LogP contribution in [0.2, 0.25) is 0 Å². The summed E-state index contributed by atoms with van der Waals surface area (Å²) in [6.07, 6.45) is 1.98. The predicted molar refractivity (Wildman–Crippen MR) is 157 cm³/mol. The Morgan fingerprint density at radius 1 is 0.950 bits per heavy atom. The number of carbonyl (C=O) groups excluding carboxylic acids is 2. The minimum Gasteiger partial charge on any atom is -0.352 e. The van der Waals surface area contributed by atoms with Crippen molar-refractivity contribution in [2.45, 2.75) is 59.2 Å². The highest BCUT2D eigenvalue weighted by Crippen LogP contribution is 2.25. The molecule has 7 nitrogen and oxygen atoms in total. The molecular formula is C31H38FN3O4S. The first kappa shape index (κ1) is 30.8. The average molecular weight is 568 g/mol. The van der Waals surface area contributed by atoms with E-state index >= 15 is 0 Å². The van der Waals surface area contributed by atoms with E-state index in [9.17, 15) is 22.4 Å². The molecule has 0 aliphatic rings. The largest absolute Gasteiger partial charge is 0.352 e. The predicted octanol–water partition coefficient (Wildman–Crippen LogP) is 4.76. The van der Waals surface area contributed by atoms with Gasteiger partial charge in [-0.1, -0.05) is 67.1 Å². The number of halogens is 1. The molecule has 2 amide bonds. The molecule has 0 aliphatic carbocycles. The number of anilines is 1. The Kier molecular flexibility index (Phi) is 10.5. The summed E-state index contributed by atoms with van der Waals surface area (Å²) >= 11 is 0. The molecule has 0 unspecified atom stereocenters. The van der Waals surface area contributed by atoms with Gasteiger partial charge in [-0.15, -0.1) is 0 Å². The minimum absolute atomic E-state index is 0.00494. The third-order valence-electron chi connectivity index (χ3n) is 6.84. The van der Waals surface area contributed by atoms with Crippen LogP contribution in [0.4, 0.5) is 10.1 Å². The SMILES string of the molecule is CC[C@H](C)NC(=O)[C@H](Cc1ccccc1)N(Cc1ccc(F)cc1)C(=O)CN(c1ccc(C)cc1C)S(C)(=O)=O. The molecule has 9 heteroatoms. The number of hydrogen-bond donors (Lipinski definition) is 1. The topological polar surface area (TPSA) is 86.8 Å². The highest BCUT2D eigenvalue weighted by atomic mass is 32.2. The van der Waals surface area contributed by atoms with Gasteiger partial charge in [0.25, 0.3) is 0 Å². The molecule has 3 aromatic rings. The van der Waals surface area contributed by atoms with Crippen molar-refractivity contribution in [1.82, 2.24) is 10.2 Å². The normalized spacial score (nSPS) is 12.8. The van der Waals surface area contributed by atoms with Crippen molar-refractivity contribution >= 4 is 27.5 Å². The zero-order valence-corrected chi connectivity index (χ0v) is 24.5. The lowest BCUT2D eigenvalue weighted by molar-refractivity contribution is -0.140. The van der Waals surface area contributed by atoms with Crippen molar-refractivity contribution in [1.29, 1.82) is 0 Å². The lowest BCUT2D eigenvalue weighted by Crippen LogP contribution is -2.54. The number of aryl methyl sites for hydroxylation is 2. The maximum atomic E-state index is 14.1. The van der Waals surface area contributed by atoms with Gasteiger partial charge in [0.1, 0.15) is 18.4 Å². The van der Waals surface area contributed by atoms with Crippen molar-refractivity contribution in [3.8, 4) is 0 Å². The third kappa shape index (κ3) is 8.39. The zero-order valence-electron chi connectivity index (χ0n) is 23.7. The second kappa shape index (κ2) is 13.6. The van der Waals surface area contributed by atoms with E-state index in [1.54, 1.807) is 31.2 Å². The Hall–Kier alpha value is -3.72. The van der Waals surface area contributed by atoms with E-state index in [1.165, 1.54) is 17.0 Å². The zero-order chi connectivity index (χ0) is 29.4. The Morgan fingerprint density at radius 3 is 2.17 bits per heavy atom. The second-order valence-corrected chi connectivity index (χ2v) is 12.1. The van der Waals surface area contributed by atoms with E-state index in [-0.39, 0.29) is 24.9 Å². The summed E-state index contributed by atoms with van der Waals surface area (Å²) < 4.78 is 40.6. The molecule has 1 N–H and O–H groups in total. The average Bonchev–Trinajstić information content (AvgIpc) is 2.90. The fourth-order valence-corrected chi connectivity index (χ4v) is 5.37. The smallest absolute Gasteiger partial charge is 0.244 e. The van der Waals surface area contributed by atoms with Crippen molar-refractivity contribution in [3.63, 3.8) is 0 Å². The summed E-state index contributed by atoms with van der Waals surface area (Å²) in [4.78, 5) is 29.1. The Morgan fingerprint density at radius 2 is 1.60 bits per heavy atom. The van der Waals surface area contributed by atoms with Crippen LogP contribution in [0.15, 0.2) is 72.8 Å². The molecule has 214 valence electrons. The first-order valence-corrected chi connectivity index (χ1v) is 15.2. The van der Waals surface area contributed by atoms with Gasteiger partial charge >= 0.3 is 0 Å². The number of benzene rings is 3. The number of nitrogens with one attached hydrogen (secondary N) is 1. The van der Waals surface area contributed by atoms with E-state index in [0.29, 0.717) is 23.2 Å². The number of rotatable bonds is 12. The Labute approximate surface area is 237 Å². The molecule has 0 saturated carbocycles. The van der Waals surface area contributed by atoms with E-state index in [4.69, 9.17) is 0 Å². The molecule has 0 spiro atoms. The van der Waals surface area contributed by atoms with Crippen LogP contribution in [0, 0.1) is 19.7 Å². The molecular weight excluding hydrogens is 529 g/mol. The van der Waals surface area contributed by atoms with Crippen LogP contribution in [-0.4, -0.2) is 50.0 Å². The van der Waals surface area contributed by atoms with Gasteiger partial charge in [0.15, 0.2) is 0 Å². The van der Waals surface area contributed by atoms with Gasteiger partial charge in [-0.05, 0) is 62.1 Å². The number of amides is 2. The van der Waals surface area contributed by atoms with Crippen LogP contribution in [0.1, 0.15) is 42.5 Å². The third-order valence-corrected chi connectivity index (χ3v) is 7.96. The summed E-state index contributed by atoms with van der Waals surface area (Å²) in [5.41, 5.74) is 3.52. The summed E-state index contributed by atoms with van der Waals surface area (Å²) in [5, 5.41) is 2.99. The fourth-order valence-electron chi connectivity index (χ4n) is 4.46. The molecule has 0 saturated heterocycles. The van der Waals surface area contributed by atoms with E-state index in [2.05, 4.69) is 5.32 Å². The first-order valence-electron chi connectivity index (χ1n) is 13.3. The molecule has 0 bridgehead atoms. The molecule has 40 heavy (non-hydrogen) atoms. The maximum Gasteiger partial charge on any atom is 0.244 e. The Bertz CT molecular complexity index is 1410. The highest BCUT2D eigenvalue weighted by Gasteiger charge is 2.33. The summed E-state index contributed by atoms with van der Waals surface area (Å²) in [7, 11) is -3.85. The lowest BCUT2D eigenvalue weighted by Gasteiger charge is -2.34. The molecule has 0 radical (unpaired) electrons. The van der Waals surface area contributed by atoms with E-state index in [1.807, 2.05) is 57.2 Å². The number of hydrogen-bond acceptors (Lipinski definition) is 4. The molecule has 0 aromatic heterocycles. The molecule has 0 aliphatic heterocycles. The summed E-state index contributed by atoms with van der Waals surface area (Å²) in [5.74, 6) is -1.31. The second-order valence-electron chi connectivity index (χ2n) is 10.2. The molecule has 0 heterocycles. The van der Waals surface area contributed by atoms with Crippen molar-refractivity contribution < 1.29 is 22.4 Å². The van der Waals surface area contributed by atoms with Gasteiger partial charge < -0.3 is 10.2 Å². The van der Waals surface area contributed by atoms with Gasteiger partial charge in [0, 0.05) is 19.0 Å². The van der Waals surface area contributed by atoms with E-state index in [0.717, 1.165) is 21.7 Å². The Balaban J connectivity index is 2.07. The molecule has 3 rings (SSSR count). The fraction of sp³-hybridized carbons (Fsp3) is 0.355. The van der Waals surface area contributed by atoms with Gasteiger partial charge in [0.2, 0.25) is 21.8 Å². The van der Waals surface area contributed by atoms with Gasteiger partial charge in [-0.25, -0.2) is 12.8 Å². The van der Waals surface area contributed by atoms with Gasteiger partial charge in [0.05, 0.1) is 11.9 Å². The van der Waals surface area contributed by atoms with Crippen LogP contribution in [0.5, 0.6) is 0 Å². The van der Waals surface area contributed by atoms with Crippen LogP contribution in [0.3, 0.4) is 0 Å². The lowest BCUT2D eigenvalue weighted by atomic mass is 10.0. The van der Waals surface area contributed by atoms with Gasteiger partial charge in [-0.3, -0.25) is 13.9 Å². The highest BCUT2D eigenvalue weighted by molar-refractivity contribution is 7.92. The minimum atomic E-state index is -3.85. The van der Waals surface area contributed by atoms with Crippen molar-refractivity contribution in [2.75, 3.05) is 17.1 Å². The first-order chi connectivity index (χ1) is 18.9. The van der Waals surface area contributed by atoms with Crippen LogP contribution < -0.4 is 9.62 Å². The standard InChI is InChI=1S/C31H38FN3O4S/c1-6-24(4)33-31(37)29(19-25-10-8-7-9-11-25)34(20-26-13-15-27(32)16-14-26)30(36)21-35(40(5,38)39)28-17-12-22(2)18-23(28)3/h7-18,24,29H,6,19-21H2,1-5H3,(H,33,37)/t24-,29-/m0/s1. The monoisotopic (exact) mass is 567 g/mol. The van der Waals surface area contributed by atoms with Crippen LogP contribution in [-0.2, 0) is 32.6 Å².